The molecule has 0 spiro atoms. The zero-order valence-corrected chi connectivity index (χ0v) is 19.8. The maximum Gasteiger partial charge on any atom is 0.233 e. The number of aryl methyl sites for hydroxylation is 1. The van der Waals surface area contributed by atoms with Crippen LogP contribution in [-0.4, -0.2) is 58.2 Å². The predicted molar refractivity (Wildman–Crippen MR) is 121 cm³/mol. The second kappa shape index (κ2) is 8.16. The van der Waals surface area contributed by atoms with Gasteiger partial charge in [-0.25, -0.2) is 4.98 Å². The number of H-pyrrole nitrogens is 1. The van der Waals surface area contributed by atoms with E-state index in [1.165, 1.54) is 38.5 Å². The van der Waals surface area contributed by atoms with E-state index in [2.05, 4.69) is 30.7 Å². The van der Waals surface area contributed by atoms with Gasteiger partial charge < -0.3 is 14.8 Å². The standard InChI is InChI=1S/C24H38N4OS/c1-16(2)8-21-17(3)25-23(26-21)30-15-22(29)27-4-6-28(7-5-27)24-12-18-9-19(13-24)11-20(10-18)14-24/h16,18-20H,4-15H2,1-3H3,(H,25,26)/p+1. The molecule has 0 radical (unpaired) electrons. The van der Waals surface area contributed by atoms with Crippen LogP contribution in [0.15, 0.2) is 5.16 Å². The summed E-state index contributed by atoms with van der Waals surface area (Å²) in [5.41, 5.74) is 2.86. The summed E-state index contributed by atoms with van der Waals surface area (Å²) in [7, 11) is 0. The number of rotatable bonds is 6. The Bertz CT molecular complexity index is 745. The summed E-state index contributed by atoms with van der Waals surface area (Å²) >= 11 is 1.57. The van der Waals surface area contributed by atoms with Gasteiger partial charge in [0.25, 0.3) is 0 Å². The normalized spacial score (nSPS) is 33.6. The number of quaternary nitrogens is 1. The van der Waals surface area contributed by atoms with Crippen molar-refractivity contribution in [2.45, 2.75) is 76.4 Å². The molecule has 2 N–H and O–H groups in total. The van der Waals surface area contributed by atoms with Gasteiger partial charge in [-0.2, -0.15) is 0 Å². The molecule has 1 saturated heterocycles. The van der Waals surface area contributed by atoms with Crippen LogP contribution in [0.3, 0.4) is 0 Å². The lowest BCUT2D eigenvalue weighted by Gasteiger charge is -2.59. The Balaban J connectivity index is 1.12. The second-order valence-electron chi connectivity index (χ2n) is 11.2. The second-order valence-corrected chi connectivity index (χ2v) is 12.1. The van der Waals surface area contributed by atoms with E-state index in [0.717, 1.165) is 66.9 Å². The van der Waals surface area contributed by atoms with E-state index in [-0.39, 0.29) is 5.91 Å². The molecule has 1 aromatic rings. The molecule has 2 heterocycles. The third kappa shape index (κ3) is 4.06. The van der Waals surface area contributed by atoms with Gasteiger partial charge in [-0.1, -0.05) is 25.6 Å². The van der Waals surface area contributed by atoms with E-state index in [0.29, 0.717) is 17.2 Å². The van der Waals surface area contributed by atoms with Crippen molar-refractivity contribution in [2.24, 2.45) is 23.7 Å². The molecule has 1 aromatic heterocycles. The molecule has 5 fully saturated rings. The lowest BCUT2D eigenvalue weighted by atomic mass is 9.52. The number of nitrogens with one attached hydrogen (secondary N) is 2. The maximum atomic E-state index is 12.8. The number of hydrogen-bond acceptors (Lipinski definition) is 3. The molecule has 4 bridgehead atoms. The highest BCUT2D eigenvalue weighted by Crippen LogP contribution is 2.54. The summed E-state index contributed by atoms with van der Waals surface area (Å²) < 4.78 is 0. The largest absolute Gasteiger partial charge is 0.337 e. The van der Waals surface area contributed by atoms with Gasteiger partial charge >= 0.3 is 0 Å². The van der Waals surface area contributed by atoms with E-state index in [1.807, 2.05) is 4.90 Å². The zero-order chi connectivity index (χ0) is 20.9. The minimum absolute atomic E-state index is 0.282. The number of imidazole rings is 1. The van der Waals surface area contributed by atoms with Gasteiger partial charge in [0.05, 0.1) is 43.2 Å². The SMILES string of the molecule is Cc1[nH]c(SCC(=O)N2CC[NH+](C34CC5CC(CC(C5)C3)C4)CC2)nc1CC(C)C. The number of amides is 1. The molecular formula is C24H39N4OS+. The summed E-state index contributed by atoms with van der Waals surface area (Å²) in [5.74, 6) is 4.41. The quantitative estimate of drug-likeness (QED) is 0.681. The fraction of sp³-hybridized carbons (Fsp3) is 0.833. The third-order valence-corrected chi connectivity index (χ3v) is 9.26. The van der Waals surface area contributed by atoms with E-state index < -0.39 is 0 Å². The Hall–Kier alpha value is -1.01. The van der Waals surface area contributed by atoms with Gasteiger partial charge in [-0.15, -0.1) is 0 Å². The maximum absolute atomic E-state index is 12.8. The molecule has 166 valence electrons. The first kappa shape index (κ1) is 20.9. The van der Waals surface area contributed by atoms with Crippen LogP contribution in [0.25, 0.3) is 0 Å². The number of carbonyl (C=O) groups excluding carboxylic acids is 1. The highest BCUT2D eigenvalue weighted by Gasteiger charge is 2.56. The van der Waals surface area contributed by atoms with Crippen molar-refractivity contribution in [3.05, 3.63) is 11.4 Å². The molecule has 1 aliphatic heterocycles. The fourth-order valence-electron chi connectivity index (χ4n) is 7.44. The van der Waals surface area contributed by atoms with Crippen LogP contribution in [0.4, 0.5) is 0 Å². The topological polar surface area (TPSA) is 53.4 Å². The number of aromatic amines is 1. The average Bonchev–Trinajstić information content (AvgIpc) is 3.04. The number of thioether (sulfide) groups is 1. The Morgan fingerprint density at radius 3 is 2.33 bits per heavy atom. The molecule has 6 heteroatoms. The summed E-state index contributed by atoms with van der Waals surface area (Å²) in [6, 6.07) is 0. The van der Waals surface area contributed by atoms with E-state index in [1.54, 1.807) is 11.8 Å². The molecule has 30 heavy (non-hydrogen) atoms. The van der Waals surface area contributed by atoms with Gasteiger partial charge in [0, 0.05) is 25.0 Å². The van der Waals surface area contributed by atoms with Crippen molar-refractivity contribution < 1.29 is 9.69 Å². The third-order valence-electron chi connectivity index (χ3n) is 8.41. The Kier molecular flexibility index (Phi) is 5.68. The molecular weight excluding hydrogens is 392 g/mol. The minimum Gasteiger partial charge on any atom is -0.337 e. The van der Waals surface area contributed by atoms with Crippen molar-refractivity contribution in [2.75, 3.05) is 31.9 Å². The first-order chi connectivity index (χ1) is 14.4. The van der Waals surface area contributed by atoms with Gasteiger partial charge in [0.1, 0.15) is 0 Å². The Morgan fingerprint density at radius 1 is 1.17 bits per heavy atom. The van der Waals surface area contributed by atoms with Gasteiger partial charge in [-0.3, -0.25) is 4.79 Å². The summed E-state index contributed by atoms with van der Waals surface area (Å²) in [6.07, 6.45) is 9.93. The van der Waals surface area contributed by atoms with Crippen LogP contribution in [0.1, 0.15) is 63.8 Å². The summed E-state index contributed by atoms with van der Waals surface area (Å²) in [6.45, 7) is 10.7. The van der Waals surface area contributed by atoms with E-state index in [4.69, 9.17) is 4.98 Å². The van der Waals surface area contributed by atoms with E-state index >= 15 is 0 Å². The van der Waals surface area contributed by atoms with Crippen LogP contribution in [-0.2, 0) is 11.2 Å². The van der Waals surface area contributed by atoms with Crippen LogP contribution < -0.4 is 4.90 Å². The number of hydrogen-bond donors (Lipinski definition) is 2. The van der Waals surface area contributed by atoms with Crippen molar-refractivity contribution in [3.8, 4) is 0 Å². The lowest BCUT2D eigenvalue weighted by molar-refractivity contribution is -0.962. The first-order valence-corrected chi connectivity index (χ1v) is 13.2. The molecule has 5 nitrogen and oxygen atoms in total. The number of aromatic nitrogens is 2. The highest BCUT2D eigenvalue weighted by atomic mass is 32.2. The molecule has 0 unspecified atom stereocenters. The molecule has 0 aromatic carbocycles. The van der Waals surface area contributed by atoms with Crippen molar-refractivity contribution in [3.63, 3.8) is 0 Å². The van der Waals surface area contributed by atoms with Crippen LogP contribution in [0.5, 0.6) is 0 Å². The van der Waals surface area contributed by atoms with Crippen molar-refractivity contribution in [1.29, 1.82) is 0 Å². The molecule has 0 atom stereocenters. The number of nitrogens with zero attached hydrogens (tertiary/aromatic N) is 2. The van der Waals surface area contributed by atoms with Gasteiger partial charge in [-0.05, 0) is 56.3 Å². The fourth-order valence-corrected chi connectivity index (χ4v) is 8.28. The van der Waals surface area contributed by atoms with Crippen molar-refractivity contribution >= 4 is 17.7 Å². The number of piperazine rings is 1. The van der Waals surface area contributed by atoms with Gasteiger partial charge in [0.15, 0.2) is 5.16 Å². The molecule has 5 aliphatic rings. The summed E-state index contributed by atoms with van der Waals surface area (Å²) in [5, 5.41) is 0.898. The van der Waals surface area contributed by atoms with Crippen LogP contribution in [0.2, 0.25) is 0 Å². The number of carbonyl (C=O) groups is 1. The van der Waals surface area contributed by atoms with E-state index in [9.17, 15) is 4.79 Å². The monoisotopic (exact) mass is 431 g/mol. The molecule has 6 rings (SSSR count). The Morgan fingerprint density at radius 2 is 1.77 bits per heavy atom. The first-order valence-electron chi connectivity index (χ1n) is 12.2. The lowest BCUT2D eigenvalue weighted by Crippen LogP contribution is -3.23. The van der Waals surface area contributed by atoms with Crippen LogP contribution in [0, 0.1) is 30.6 Å². The van der Waals surface area contributed by atoms with Gasteiger partial charge in [0.2, 0.25) is 5.91 Å². The molecule has 1 amide bonds. The zero-order valence-electron chi connectivity index (χ0n) is 19.0. The van der Waals surface area contributed by atoms with Crippen LogP contribution >= 0.6 is 11.8 Å². The highest BCUT2D eigenvalue weighted by molar-refractivity contribution is 7.99. The Labute approximate surface area is 185 Å². The molecule has 4 saturated carbocycles. The summed E-state index contributed by atoms with van der Waals surface area (Å²) in [4.78, 5) is 24.9. The smallest absolute Gasteiger partial charge is 0.233 e. The van der Waals surface area contributed by atoms with Crippen molar-refractivity contribution in [1.82, 2.24) is 14.9 Å². The minimum atomic E-state index is 0.282. The average molecular weight is 432 g/mol. The predicted octanol–water partition coefficient (Wildman–Crippen LogP) is 2.70. The molecule has 4 aliphatic carbocycles.